The smallest absolute Gasteiger partial charge is 0.142 e. The number of fused-ring (bicyclic) bond motifs is 3. The Morgan fingerprint density at radius 3 is 2.95 bits per heavy atom. The third kappa shape index (κ3) is 2.47. The molecule has 0 amide bonds. The largest absolute Gasteiger partial charge is 0.339 e. The fourth-order valence-electron chi connectivity index (χ4n) is 2.73. The minimum atomic E-state index is -0.254. The molecule has 0 unspecified atom stereocenters. The monoisotopic (exact) mass is 321 g/mol. The van der Waals surface area contributed by atoms with Crippen LogP contribution >= 0.6 is 23.7 Å². The highest BCUT2D eigenvalue weighted by Gasteiger charge is 2.21. The van der Waals surface area contributed by atoms with E-state index in [0.29, 0.717) is 5.69 Å². The summed E-state index contributed by atoms with van der Waals surface area (Å²) < 4.78 is 13.3. The predicted octanol–water partition coefficient (Wildman–Crippen LogP) is 4.48. The molecular formula is C15H13ClFN3S. The molecule has 21 heavy (non-hydrogen) atoms. The van der Waals surface area contributed by atoms with Gasteiger partial charge in [0, 0.05) is 10.6 Å². The molecule has 3 aromatic rings. The molecule has 3 nitrogen and oxygen atoms in total. The van der Waals surface area contributed by atoms with Crippen LogP contribution in [0.1, 0.15) is 16.9 Å². The third-order valence-electron chi connectivity index (χ3n) is 3.59. The van der Waals surface area contributed by atoms with E-state index in [1.807, 2.05) is 6.07 Å². The first-order chi connectivity index (χ1) is 9.81. The first kappa shape index (κ1) is 14.2. The lowest BCUT2D eigenvalue weighted by molar-refractivity contribution is 0.628. The molecule has 0 fully saturated rings. The molecule has 4 rings (SSSR count). The standard InChI is InChI=1S/C15H12FN3S.ClH/c16-9-3-1-4-10(7-9)19-14-13-11-5-2-6-12(11)20-15(13)18-8-17-14;/h1,3-4,7-8H,2,5-6H2,(H,17,18,19);1H. The van der Waals surface area contributed by atoms with E-state index < -0.39 is 0 Å². The number of hydrogen-bond donors (Lipinski definition) is 1. The summed E-state index contributed by atoms with van der Waals surface area (Å²) in [6.07, 6.45) is 4.98. The van der Waals surface area contributed by atoms with Gasteiger partial charge in [0.15, 0.2) is 0 Å². The van der Waals surface area contributed by atoms with Crippen molar-refractivity contribution < 1.29 is 4.39 Å². The van der Waals surface area contributed by atoms with E-state index in [4.69, 9.17) is 0 Å². The Balaban J connectivity index is 0.00000132. The number of aromatic nitrogens is 2. The molecule has 0 saturated carbocycles. The van der Waals surface area contributed by atoms with E-state index in [9.17, 15) is 4.39 Å². The summed E-state index contributed by atoms with van der Waals surface area (Å²) in [5.41, 5.74) is 2.08. The summed E-state index contributed by atoms with van der Waals surface area (Å²) in [5, 5.41) is 4.32. The van der Waals surface area contributed by atoms with E-state index >= 15 is 0 Å². The van der Waals surface area contributed by atoms with Crippen molar-refractivity contribution in [2.24, 2.45) is 0 Å². The first-order valence-electron chi connectivity index (χ1n) is 6.59. The average Bonchev–Trinajstić information content (AvgIpc) is 2.99. The van der Waals surface area contributed by atoms with Gasteiger partial charge in [-0.05, 0) is 43.0 Å². The third-order valence-corrected chi connectivity index (χ3v) is 4.79. The zero-order valence-corrected chi connectivity index (χ0v) is 12.7. The van der Waals surface area contributed by atoms with Crippen molar-refractivity contribution in [1.29, 1.82) is 0 Å². The molecule has 1 aliphatic rings. The maximum absolute atomic E-state index is 13.3. The van der Waals surface area contributed by atoms with E-state index in [1.54, 1.807) is 23.7 Å². The first-order valence-corrected chi connectivity index (χ1v) is 7.41. The van der Waals surface area contributed by atoms with Crippen LogP contribution in [0.3, 0.4) is 0 Å². The predicted molar refractivity (Wildman–Crippen MR) is 86.4 cm³/mol. The molecule has 1 aromatic carbocycles. The van der Waals surface area contributed by atoms with Crippen molar-refractivity contribution in [2.45, 2.75) is 19.3 Å². The second-order valence-electron chi connectivity index (χ2n) is 4.90. The SMILES string of the molecule is Cl.Fc1cccc(Nc2ncnc3sc4c(c23)CCC4)c1. The highest BCUT2D eigenvalue weighted by atomic mass is 35.5. The Bertz CT molecular complexity index is 803. The Morgan fingerprint density at radius 1 is 1.19 bits per heavy atom. The zero-order chi connectivity index (χ0) is 13.5. The number of anilines is 2. The van der Waals surface area contributed by atoms with Gasteiger partial charge in [0.1, 0.15) is 22.8 Å². The van der Waals surface area contributed by atoms with E-state index in [1.165, 1.54) is 29.0 Å². The lowest BCUT2D eigenvalue weighted by atomic mass is 10.2. The van der Waals surface area contributed by atoms with E-state index in [0.717, 1.165) is 28.9 Å². The number of benzene rings is 1. The molecule has 0 spiro atoms. The van der Waals surface area contributed by atoms with Crippen LogP contribution in [0.15, 0.2) is 30.6 Å². The van der Waals surface area contributed by atoms with Crippen molar-refractivity contribution >= 4 is 45.5 Å². The number of halogens is 2. The Kier molecular flexibility index (Phi) is 3.78. The van der Waals surface area contributed by atoms with Gasteiger partial charge < -0.3 is 5.32 Å². The molecule has 0 radical (unpaired) electrons. The van der Waals surface area contributed by atoms with Crippen LogP contribution in [0, 0.1) is 5.82 Å². The van der Waals surface area contributed by atoms with Crippen molar-refractivity contribution in [3.05, 3.63) is 46.9 Å². The van der Waals surface area contributed by atoms with Gasteiger partial charge in [-0.1, -0.05) is 6.07 Å². The summed E-state index contributed by atoms with van der Waals surface area (Å²) in [6.45, 7) is 0. The van der Waals surface area contributed by atoms with Gasteiger partial charge >= 0.3 is 0 Å². The number of hydrogen-bond acceptors (Lipinski definition) is 4. The average molecular weight is 322 g/mol. The van der Waals surface area contributed by atoms with E-state index in [2.05, 4.69) is 15.3 Å². The molecule has 1 aliphatic carbocycles. The van der Waals surface area contributed by atoms with E-state index in [-0.39, 0.29) is 18.2 Å². The lowest BCUT2D eigenvalue weighted by Crippen LogP contribution is -1.96. The van der Waals surface area contributed by atoms with Crippen LogP contribution in [-0.4, -0.2) is 9.97 Å². The Labute approximate surface area is 131 Å². The Morgan fingerprint density at radius 2 is 2.10 bits per heavy atom. The fourth-order valence-corrected chi connectivity index (χ4v) is 3.96. The molecule has 2 aromatic heterocycles. The highest BCUT2D eigenvalue weighted by Crippen LogP contribution is 2.39. The molecule has 0 atom stereocenters. The van der Waals surface area contributed by atoms with Gasteiger partial charge in [-0.15, -0.1) is 23.7 Å². The molecule has 1 N–H and O–H groups in total. The number of rotatable bonds is 2. The summed E-state index contributed by atoms with van der Waals surface area (Å²) in [4.78, 5) is 11.1. The Hall–Kier alpha value is -1.72. The van der Waals surface area contributed by atoms with Crippen LogP contribution in [0.4, 0.5) is 15.9 Å². The van der Waals surface area contributed by atoms with Gasteiger partial charge in [-0.3, -0.25) is 0 Å². The van der Waals surface area contributed by atoms with Crippen molar-refractivity contribution in [1.82, 2.24) is 9.97 Å². The zero-order valence-electron chi connectivity index (χ0n) is 11.1. The quantitative estimate of drug-likeness (QED) is 0.756. The maximum atomic E-state index is 13.3. The van der Waals surface area contributed by atoms with Gasteiger partial charge in [-0.2, -0.15) is 0 Å². The number of nitrogens with one attached hydrogen (secondary N) is 1. The number of nitrogens with zero attached hydrogens (tertiary/aromatic N) is 2. The van der Waals surface area contributed by atoms with Crippen molar-refractivity contribution in [3.63, 3.8) is 0 Å². The van der Waals surface area contributed by atoms with Crippen molar-refractivity contribution in [3.8, 4) is 0 Å². The van der Waals surface area contributed by atoms with Crippen LogP contribution in [0.5, 0.6) is 0 Å². The van der Waals surface area contributed by atoms with Crippen LogP contribution < -0.4 is 5.32 Å². The summed E-state index contributed by atoms with van der Waals surface area (Å²) in [7, 11) is 0. The van der Waals surface area contributed by atoms with Crippen molar-refractivity contribution in [2.75, 3.05) is 5.32 Å². The van der Waals surface area contributed by atoms with Gasteiger partial charge in [0.2, 0.25) is 0 Å². The van der Waals surface area contributed by atoms with Gasteiger partial charge in [-0.25, -0.2) is 14.4 Å². The molecule has 6 heteroatoms. The minimum absolute atomic E-state index is 0. The second-order valence-corrected chi connectivity index (χ2v) is 5.98. The van der Waals surface area contributed by atoms with Crippen LogP contribution in [0.2, 0.25) is 0 Å². The molecule has 108 valence electrons. The lowest BCUT2D eigenvalue weighted by Gasteiger charge is -2.07. The van der Waals surface area contributed by atoms with Gasteiger partial charge in [0.05, 0.1) is 5.39 Å². The second kappa shape index (κ2) is 5.58. The van der Waals surface area contributed by atoms with Gasteiger partial charge in [0.25, 0.3) is 0 Å². The van der Waals surface area contributed by atoms with Crippen LogP contribution in [0.25, 0.3) is 10.2 Å². The maximum Gasteiger partial charge on any atom is 0.142 e. The molecule has 0 bridgehead atoms. The molecular weight excluding hydrogens is 309 g/mol. The molecule has 0 aliphatic heterocycles. The summed E-state index contributed by atoms with van der Waals surface area (Å²) in [6, 6.07) is 6.43. The number of thiophene rings is 1. The summed E-state index contributed by atoms with van der Waals surface area (Å²) in [5.74, 6) is 0.524. The fraction of sp³-hybridized carbons (Fsp3) is 0.200. The highest BCUT2D eigenvalue weighted by molar-refractivity contribution is 7.19. The molecule has 2 heterocycles. The summed E-state index contributed by atoms with van der Waals surface area (Å²) >= 11 is 1.75. The topological polar surface area (TPSA) is 37.8 Å². The normalized spacial score (nSPS) is 13.0. The molecule has 0 saturated heterocycles. The minimum Gasteiger partial charge on any atom is -0.339 e. The number of aryl methyl sites for hydroxylation is 2. The van der Waals surface area contributed by atoms with Crippen LogP contribution in [-0.2, 0) is 12.8 Å².